The molecule has 0 heterocycles. The van der Waals surface area contributed by atoms with E-state index in [1.165, 1.54) is 70.6 Å². The standard InChI is InChI=1S/C24H38/c1-3-19(2)23(17-20-11-6-4-7-12-20)24(18-21-13-10-14-21)22-15-8-5-9-16-22/h4,6-7,11-12,19,21-24H,3,5,8-10,13-18H2,1-2H3. The Kier molecular flexibility index (Phi) is 6.81. The van der Waals surface area contributed by atoms with E-state index in [-0.39, 0.29) is 0 Å². The minimum atomic E-state index is 0.859. The van der Waals surface area contributed by atoms with E-state index < -0.39 is 0 Å². The molecule has 0 saturated heterocycles. The molecule has 0 bridgehead atoms. The summed E-state index contributed by atoms with van der Waals surface area (Å²) in [5.41, 5.74) is 1.57. The Hall–Kier alpha value is -0.780. The summed E-state index contributed by atoms with van der Waals surface area (Å²) in [6, 6.07) is 11.3. The van der Waals surface area contributed by atoms with Gasteiger partial charge in [0.1, 0.15) is 0 Å². The highest BCUT2D eigenvalue weighted by molar-refractivity contribution is 5.15. The van der Waals surface area contributed by atoms with Gasteiger partial charge in [0, 0.05) is 0 Å². The monoisotopic (exact) mass is 326 g/mol. The molecule has 2 aliphatic rings. The van der Waals surface area contributed by atoms with Gasteiger partial charge in [0.25, 0.3) is 0 Å². The molecule has 0 nitrogen and oxygen atoms in total. The van der Waals surface area contributed by atoms with E-state index in [0.29, 0.717) is 0 Å². The van der Waals surface area contributed by atoms with Crippen LogP contribution in [0, 0.1) is 29.6 Å². The van der Waals surface area contributed by atoms with Crippen LogP contribution < -0.4 is 0 Å². The molecule has 2 fully saturated rings. The second-order valence-corrected chi connectivity index (χ2v) is 8.83. The van der Waals surface area contributed by atoms with Crippen molar-refractivity contribution in [2.45, 2.75) is 84.5 Å². The number of hydrogen-bond acceptors (Lipinski definition) is 0. The van der Waals surface area contributed by atoms with Crippen LogP contribution in [0.1, 0.15) is 83.6 Å². The van der Waals surface area contributed by atoms with Crippen molar-refractivity contribution in [3.05, 3.63) is 35.9 Å². The molecule has 2 aliphatic carbocycles. The molecule has 0 spiro atoms. The minimum absolute atomic E-state index is 0.859. The summed E-state index contributed by atoms with van der Waals surface area (Å²) in [6.45, 7) is 4.94. The van der Waals surface area contributed by atoms with E-state index >= 15 is 0 Å². The lowest BCUT2D eigenvalue weighted by Crippen LogP contribution is -2.34. The van der Waals surface area contributed by atoms with Gasteiger partial charge < -0.3 is 0 Å². The SMILES string of the molecule is CCC(C)C(Cc1ccccc1)C(CC1CCC1)C1CCCCC1. The summed E-state index contributed by atoms with van der Waals surface area (Å²) >= 11 is 0. The molecule has 1 aromatic rings. The van der Waals surface area contributed by atoms with E-state index in [2.05, 4.69) is 44.2 Å². The zero-order valence-electron chi connectivity index (χ0n) is 16.1. The minimum Gasteiger partial charge on any atom is -0.0651 e. The predicted molar refractivity (Wildman–Crippen MR) is 105 cm³/mol. The lowest BCUT2D eigenvalue weighted by atomic mass is 9.63. The molecule has 2 saturated carbocycles. The van der Waals surface area contributed by atoms with Crippen molar-refractivity contribution in [2.75, 3.05) is 0 Å². The van der Waals surface area contributed by atoms with E-state index in [1.54, 1.807) is 5.56 Å². The Balaban J connectivity index is 1.77. The van der Waals surface area contributed by atoms with E-state index in [0.717, 1.165) is 29.6 Å². The van der Waals surface area contributed by atoms with Crippen LogP contribution in [0.5, 0.6) is 0 Å². The zero-order valence-corrected chi connectivity index (χ0v) is 16.1. The number of benzene rings is 1. The highest BCUT2D eigenvalue weighted by atomic mass is 14.4. The number of hydrogen-bond donors (Lipinski definition) is 0. The van der Waals surface area contributed by atoms with Crippen molar-refractivity contribution in [3.8, 4) is 0 Å². The summed E-state index contributed by atoms with van der Waals surface area (Å²) in [5.74, 6) is 4.80. The third-order valence-electron chi connectivity index (χ3n) is 7.32. The molecular formula is C24H38. The van der Waals surface area contributed by atoms with Gasteiger partial charge in [0.15, 0.2) is 0 Å². The van der Waals surface area contributed by atoms with Gasteiger partial charge >= 0.3 is 0 Å². The molecule has 0 aliphatic heterocycles. The van der Waals surface area contributed by atoms with Gasteiger partial charge in [-0.15, -0.1) is 0 Å². The fraction of sp³-hybridized carbons (Fsp3) is 0.750. The van der Waals surface area contributed by atoms with Gasteiger partial charge in [-0.25, -0.2) is 0 Å². The molecule has 0 radical (unpaired) electrons. The van der Waals surface area contributed by atoms with Crippen molar-refractivity contribution in [2.24, 2.45) is 29.6 Å². The van der Waals surface area contributed by atoms with Crippen LogP contribution in [0.2, 0.25) is 0 Å². The summed E-state index contributed by atoms with van der Waals surface area (Å²) in [5, 5.41) is 0. The van der Waals surface area contributed by atoms with Crippen molar-refractivity contribution in [1.82, 2.24) is 0 Å². The molecule has 0 aromatic heterocycles. The van der Waals surface area contributed by atoms with Crippen LogP contribution in [0.25, 0.3) is 0 Å². The predicted octanol–water partition coefficient (Wildman–Crippen LogP) is 7.28. The fourth-order valence-electron chi connectivity index (χ4n) is 5.36. The summed E-state index contributed by atoms with van der Waals surface area (Å²) in [7, 11) is 0. The Morgan fingerprint density at radius 3 is 2.21 bits per heavy atom. The average molecular weight is 327 g/mol. The molecule has 134 valence electrons. The van der Waals surface area contributed by atoms with Crippen LogP contribution in [0.3, 0.4) is 0 Å². The van der Waals surface area contributed by atoms with Gasteiger partial charge in [0.2, 0.25) is 0 Å². The van der Waals surface area contributed by atoms with Crippen LogP contribution in [-0.4, -0.2) is 0 Å². The van der Waals surface area contributed by atoms with E-state index in [9.17, 15) is 0 Å². The Labute approximate surface area is 150 Å². The summed E-state index contributed by atoms with van der Waals surface area (Å²) < 4.78 is 0. The largest absolute Gasteiger partial charge is 0.0651 e. The van der Waals surface area contributed by atoms with Crippen LogP contribution >= 0.6 is 0 Å². The third kappa shape index (κ3) is 4.64. The summed E-state index contributed by atoms with van der Waals surface area (Å²) in [4.78, 5) is 0. The zero-order chi connectivity index (χ0) is 16.8. The summed E-state index contributed by atoms with van der Waals surface area (Å²) in [6.07, 6.45) is 16.2. The fourth-order valence-corrected chi connectivity index (χ4v) is 5.36. The van der Waals surface area contributed by atoms with Gasteiger partial charge in [0.05, 0.1) is 0 Å². The molecule has 3 unspecified atom stereocenters. The van der Waals surface area contributed by atoms with Crippen molar-refractivity contribution in [3.63, 3.8) is 0 Å². The van der Waals surface area contributed by atoms with Gasteiger partial charge in [-0.3, -0.25) is 0 Å². The van der Waals surface area contributed by atoms with E-state index in [4.69, 9.17) is 0 Å². The second-order valence-electron chi connectivity index (χ2n) is 8.83. The molecule has 0 amide bonds. The first-order chi connectivity index (χ1) is 11.8. The Morgan fingerprint density at radius 1 is 0.917 bits per heavy atom. The molecule has 0 N–H and O–H groups in total. The smallest absolute Gasteiger partial charge is 0.0245 e. The Bertz CT molecular complexity index is 452. The first-order valence-electron chi connectivity index (χ1n) is 10.8. The maximum absolute atomic E-state index is 2.53. The van der Waals surface area contributed by atoms with Gasteiger partial charge in [-0.2, -0.15) is 0 Å². The van der Waals surface area contributed by atoms with Crippen molar-refractivity contribution >= 4 is 0 Å². The van der Waals surface area contributed by atoms with Crippen LogP contribution in [-0.2, 0) is 6.42 Å². The maximum Gasteiger partial charge on any atom is -0.0245 e. The van der Waals surface area contributed by atoms with Gasteiger partial charge in [-0.05, 0) is 48.0 Å². The Morgan fingerprint density at radius 2 is 1.62 bits per heavy atom. The van der Waals surface area contributed by atoms with Crippen molar-refractivity contribution in [1.29, 1.82) is 0 Å². The molecule has 1 aromatic carbocycles. The van der Waals surface area contributed by atoms with Crippen LogP contribution in [0.4, 0.5) is 0 Å². The lowest BCUT2D eigenvalue weighted by Gasteiger charge is -2.42. The van der Waals surface area contributed by atoms with Gasteiger partial charge in [-0.1, -0.05) is 102 Å². The number of rotatable bonds is 8. The van der Waals surface area contributed by atoms with Crippen molar-refractivity contribution < 1.29 is 0 Å². The first kappa shape index (κ1) is 18.0. The normalized spacial score (nSPS) is 23.4. The highest BCUT2D eigenvalue weighted by Crippen LogP contribution is 2.45. The average Bonchev–Trinajstić information content (AvgIpc) is 2.60. The first-order valence-corrected chi connectivity index (χ1v) is 10.8. The molecule has 24 heavy (non-hydrogen) atoms. The molecule has 0 heteroatoms. The molecular weight excluding hydrogens is 288 g/mol. The second kappa shape index (κ2) is 9.07. The highest BCUT2D eigenvalue weighted by Gasteiger charge is 2.35. The third-order valence-corrected chi connectivity index (χ3v) is 7.32. The maximum atomic E-state index is 2.53. The lowest BCUT2D eigenvalue weighted by molar-refractivity contribution is 0.0889. The molecule has 3 rings (SSSR count). The van der Waals surface area contributed by atoms with E-state index in [1.807, 2.05) is 0 Å². The molecule has 3 atom stereocenters. The van der Waals surface area contributed by atoms with Crippen LogP contribution in [0.15, 0.2) is 30.3 Å². The quantitative estimate of drug-likeness (QED) is 0.471. The topological polar surface area (TPSA) is 0 Å².